The van der Waals surface area contributed by atoms with Crippen LogP contribution in [-0.2, 0) is 6.54 Å². The number of rotatable bonds is 3. The molecule has 2 aromatic rings. The molecule has 0 aliphatic heterocycles. The number of pyridine rings is 1. The third kappa shape index (κ3) is 2.66. The lowest BCUT2D eigenvalue weighted by molar-refractivity contribution is 0.626. The van der Waals surface area contributed by atoms with Gasteiger partial charge >= 0.3 is 0 Å². The average Bonchev–Trinajstić information content (AvgIpc) is 2.35. The highest BCUT2D eigenvalue weighted by Crippen LogP contribution is 2.16. The fraction of sp³-hybridized carbons (Fsp3) is 0.182. The first kappa shape index (κ1) is 12.5. The fourth-order valence-electron chi connectivity index (χ4n) is 1.46. The summed E-state index contributed by atoms with van der Waals surface area (Å²) in [5, 5.41) is 4.48. The summed E-state index contributed by atoms with van der Waals surface area (Å²) in [6, 6.07) is 4.82. The average molecular weight is 266 g/mol. The standard InChI is InChI=1S/C11H12ClN5O/c1-7-4-11(18)17(14-5-7)6-9-8(12)2-3-10(15-9)16-13/h2-5H,6,13H2,1H3,(H,15,16). The van der Waals surface area contributed by atoms with Crippen LogP contribution >= 0.6 is 11.6 Å². The summed E-state index contributed by atoms with van der Waals surface area (Å²) in [5.74, 6) is 5.75. The number of hydrazine groups is 1. The SMILES string of the molecule is Cc1cnn(Cc2nc(NN)ccc2Cl)c(=O)c1. The second kappa shape index (κ2) is 5.16. The van der Waals surface area contributed by atoms with Crippen molar-refractivity contribution in [3.8, 4) is 0 Å². The van der Waals surface area contributed by atoms with Crippen molar-refractivity contribution in [2.45, 2.75) is 13.5 Å². The number of anilines is 1. The minimum absolute atomic E-state index is 0.195. The Morgan fingerprint density at radius 1 is 1.50 bits per heavy atom. The van der Waals surface area contributed by atoms with E-state index in [-0.39, 0.29) is 12.1 Å². The van der Waals surface area contributed by atoms with Crippen molar-refractivity contribution in [2.75, 3.05) is 5.43 Å². The molecular formula is C11H12ClN5O. The molecule has 0 fully saturated rings. The first-order valence-electron chi connectivity index (χ1n) is 5.26. The zero-order chi connectivity index (χ0) is 13.1. The van der Waals surface area contributed by atoms with Crippen LogP contribution < -0.4 is 16.8 Å². The number of nitrogen functional groups attached to an aromatic ring is 1. The molecule has 0 aromatic carbocycles. The Bertz CT molecular complexity index is 625. The number of nitrogens with zero attached hydrogens (tertiary/aromatic N) is 3. The molecule has 7 heteroatoms. The van der Waals surface area contributed by atoms with Crippen LogP contribution in [-0.4, -0.2) is 14.8 Å². The topological polar surface area (TPSA) is 85.8 Å². The molecular weight excluding hydrogens is 254 g/mol. The van der Waals surface area contributed by atoms with Crippen molar-refractivity contribution < 1.29 is 0 Å². The Morgan fingerprint density at radius 3 is 2.94 bits per heavy atom. The van der Waals surface area contributed by atoms with E-state index in [1.165, 1.54) is 10.7 Å². The van der Waals surface area contributed by atoms with Gasteiger partial charge in [-0.25, -0.2) is 15.5 Å². The van der Waals surface area contributed by atoms with Gasteiger partial charge in [-0.3, -0.25) is 4.79 Å². The smallest absolute Gasteiger partial charge is 0.267 e. The van der Waals surface area contributed by atoms with E-state index in [4.69, 9.17) is 17.4 Å². The highest BCUT2D eigenvalue weighted by atomic mass is 35.5. The van der Waals surface area contributed by atoms with Crippen LogP contribution in [0.15, 0.2) is 29.2 Å². The summed E-state index contributed by atoms with van der Waals surface area (Å²) in [4.78, 5) is 15.9. The quantitative estimate of drug-likeness (QED) is 0.637. The zero-order valence-electron chi connectivity index (χ0n) is 9.72. The summed E-state index contributed by atoms with van der Waals surface area (Å²) < 4.78 is 1.29. The number of aromatic nitrogens is 3. The molecule has 0 unspecified atom stereocenters. The minimum Gasteiger partial charge on any atom is -0.308 e. The van der Waals surface area contributed by atoms with Gasteiger partial charge in [-0.15, -0.1) is 0 Å². The van der Waals surface area contributed by atoms with E-state index in [2.05, 4.69) is 15.5 Å². The van der Waals surface area contributed by atoms with E-state index in [1.807, 2.05) is 6.92 Å². The van der Waals surface area contributed by atoms with E-state index >= 15 is 0 Å². The van der Waals surface area contributed by atoms with Crippen molar-refractivity contribution in [3.63, 3.8) is 0 Å². The first-order valence-corrected chi connectivity index (χ1v) is 5.64. The van der Waals surface area contributed by atoms with Crippen LogP contribution in [0.25, 0.3) is 0 Å². The molecule has 2 rings (SSSR count). The second-order valence-corrected chi connectivity index (χ2v) is 4.21. The Morgan fingerprint density at radius 2 is 2.28 bits per heavy atom. The second-order valence-electron chi connectivity index (χ2n) is 3.80. The minimum atomic E-state index is -0.195. The number of aryl methyl sites for hydroxylation is 1. The normalized spacial score (nSPS) is 10.4. The van der Waals surface area contributed by atoms with Gasteiger partial charge < -0.3 is 5.43 Å². The number of nitrogens with two attached hydrogens (primary N) is 1. The maximum Gasteiger partial charge on any atom is 0.267 e. The molecule has 2 aromatic heterocycles. The molecule has 0 bridgehead atoms. The van der Waals surface area contributed by atoms with Gasteiger partial charge in [0, 0.05) is 6.07 Å². The van der Waals surface area contributed by atoms with Gasteiger partial charge in [-0.05, 0) is 24.6 Å². The van der Waals surface area contributed by atoms with E-state index in [0.29, 0.717) is 16.5 Å². The molecule has 3 N–H and O–H groups in total. The van der Waals surface area contributed by atoms with Gasteiger partial charge in [-0.1, -0.05) is 11.6 Å². The van der Waals surface area contributed by atoms with E-state index < -0.39 is 0 Å². The van der Waals surface area contributed by atoms with E-state index in [9.17, 15) is 4.79 Å². The maximum atomic E-state index is 11.7. The largest absolute Gasteiger partial charge is 0.308 e. The molecule has 18 heavy (non-hydrogen) atoms. The van der Waals surface area contributed by atoms with Crippen LogP contribution in [0.3, 0.4) is 0 Å². The van der Waals surface area contributed by atoms with E-state index in [1.54, 1.807) is 18.3 Å². The molecule has 0 radical (unpaired) electrons. The van der Waals surface area contributed by atoms with Crippen LogP contribution in [0, 0.1) is 6.92 Å². The lowest BCUT2D eigenvalue weighted by atomic mass is 10.3. The molecule has 0 saturated heterocycles. The lowest BCUT2D eigenvalue weighted by Crippen LogP contribution is -2.23. The summed E-state index contributed by atoms with van der Waals surface area (Å²) in [6.07, 6.45) is 1.61. The van der Waals surface area contributed by atoms with Crippen molar-refractivity contribution in [1.82, 2.24) is 14.8 Å². The summed E-state index contributed by atoms with van der Waals surface area (Å²) >= 11 is 6.01. The molecule has 2 heterocycles. The predicted octanol–water partition coefficient (Wildman–Crippen LogP) is 0.934. The zero-order valence-corrected chi connectivity index (χ0v) is 10.5. The highest BCUT2D eigenvalue weighted by Gasteiger charge is 2.06. The molecule has 0 atom stereocenters. The molecule has 0 aliphatic carbocycles. The molecule has 0 aliphatic rings. The Hall–Kier alpha value is -1.92. The molecule has 0 saturated carbocycles. The van der Waals surface area contributed by atoms with Crippen LogP contribution in [0.1, 0.15) is 11.3 Å². The Balaban J connectivity index is 2.36. The van der Waals surface area contributed by atoms with Gasteiger partial charge in [-0.2, -0.15) is 5.10 Å². The van der Waals surface area contributed by atoms with Crippen LogP contribution in [0.5, 0.6) is 0 Å². The lowest BCUT2D eigenvalue weighted by Gasteiger charge is -2.07. The van der Waals surface area contributed by atoms with Crippen molar-refractivity contribution in [1.29, 1.82) is 0 Å². The van der Waals surface area contributed by atoms with Gasteiger partial charge in [0.05, 0.1) is 23.5 Å². The van der Waals surface area contributed by atoms with Gasteiger partial charge in [0.15, 0.2) is 0 Å². The summed E-state index contributed by atoms with van der Waals surface area (Å²) in [5.41, 5.74) is 3.58. The maximum absolute atomic E-state index is 11.7. The van der Waals surface area contributed by atoms with Crippen LogP contribution in [0.2, 0.25) is 5.02 Å². The van der Waals surface area contributed by atoms with Crippen molar-refractivity contribution in [3.05, 3.63) is 51.0 Å². The van der Waals surface area contributed by atoms with Gasteiger partial charge in [0.25, 0.3) is 5.56 Å². The third-order valence-corrected chi connectivity index (χ3v) is 2.72. The Labute approximate surface area is 108 Å². The highest BCUT2D eigenvalue weighted by molar-refractivity contribution is 6.31. The molecule has 6 nitrogen and oxygen atoms in total. The number of nitrogens with one attached hydrogen (secondary N) is 1. The fourth-order valence-corrected chi connectivity index (χ4v) is 1.63. The number of hydrogen-bond donors (Lipinski definition) is 2. The monoisotopic (exact) mass is 265 g/mol. The van der Waals surface area contributed by atoms with Crippen LogP contribution in [0.4, 0.5) is 5.82 Å². The number of halogens is 1. The molecule has 0 spiro atoms. The summed E-state index contributed by atoms with van der Waals surface area (Å²) in [6.45, 7) is 2.01. The van der Waals surface area contributed by atoms with Gasteiger partial charge in [0.2, 0.25) is 0 Å². The Kier molecular flexibility index (Phi) is 3.59. The third-order valence-electron chi connectivity index (χ3n) is 2.37. The van der Waals surface area contributed by atoms with Gasteiger partial charge in [0.1, 0.15) is 5.82 Å². The first-order chi connectivity index (χ1) is 8.60. The predicted molar refractivity (Wildman–Crippen MR) is 69.4 cm³/mol. The van der Waals surface area contributed by atoms with Crippen molar-refractivity contribution in [2.24, 2.45) is 5.84 Å². The van der Waals surface area contributed by atoms with Crippen molar-refractivity contribution >= 4 is 17.4 Å². The van der Waals surface area contributed by atoms with E-state index in [0.717, 1.165) is 5.56 Å². The number of hydrogen-bond acceptors (Lipinski definition) is 5. The molecule has 94 valence electrons. The molecule has 0 amide bonds. The summed E-state index contributed by atoms with van der Waals surface area (Å²) in [7, 11) is 0.